The van der Waals surface area contributed by atoms with Gasteiger partial charge in [0.1, 0.15) is 0 Å². The fraction of sp³-hybridized carbons (Fsp3) is 0.500. The van der Waals surface area contributed by atoms with E-state index in [4.69, 9.17) is 0 Å². The van der Waals surface area contributed by atoms with Crippen LogP contribution in [0.25, 0.3) is 0 Å². The first-order valence-electron chi connectivity index (χ1n) is 6.72. The van der Waals surface area contributed by atoms with Crippen LogP contribution < -0.4 is 5.32 Å². The quantitative estimate of drug-likeness (QED) is 0.633. The average Bonchev–Trinajstić information content (AvgIpc) is 2.65. The van der Waals surface area contributed by atoms with Gasteiger partial charge in [0.25, 0.3) is 0 Å². The molecule has 1 aromatic rings. The molecule has 1 saturated carbocycles. The lowest BCUT2D eigenvalue weighted by atomic mass is 10.1. The fourth-order valence-corrected chi connectivity index (χ4v) is 2.35. The summed E-state index contributed by atoms with van der Waals surface area (Å²) in [4.78, 5) is 0. The largest absolute Gasteiger partial charge is 0.303 e. The Kier molecular flexibility index (Phi) is 7.57. The average molecular weight is 264 g/mol. The van der Waals surface area contributed by atoms with Crippen LogP contribution in [0.2, 0.25) is 0 Å². The molecule has 1 aromatic carbocycles. The summed E-state index contributed by atoms with van der Waals surface area (Å²) in [7, 11) is 0. The molecule has 0 radical (unpaired) electrons. The number of benzene rings is 1. The molecule has 0 atom stereocenters. The Bertz CT molecular complexity index is 369. The van der Waals surface area contributed by atoms with Gasteiger partial charge in [-0.2, -0.15) is 0 Å². The first-order valence-corrected chi connectivity index (χ1v) is 6.72. The van der Waals surface area contributed by atoms with Crippen LogP contribution in [0.1, 0.15) is 44.1 Å². The maximum absolute atomic E-state index is 3.56. The summed E-state index contributed by atoms with van der Waals surface area (Å²) < 4.78 is 0. The predicted molar refractivity (Wildman–Crippen MR) is 80.1 cm³/mol. The van der Waals surface area contributed by atoms with E-state index in [1.54, 1.807) is 0 Å². The Morgan fingerprint density at radius 2 is 1.67 bits per heavy atom. The van der Waals surface area contributed by atoms with Gasteiger partial charge < -0.3 is 5.32 Å². The molecule has 0 amide bonds. The van der Waals surface area contributed by atoms with Crippen molar-refractivity contribution in [3.8, 4) is 11.8 Å². The molecule has 0 bridgehead atoms. The zero-order valence-corrected chi connectivity index (χ0v) is 11.6. The van der Waals surface area contributed by atoms with Crippen molar-refractivity contribution in [2.24, 2.45) is 0 Å². The summed E-state index contributed by atoms with van der Waals surface area (Å²) in [6.45, 7) is 0.819. The van der Waals surface area contributed by atoms with Gasteiger partial charge in [-0.3, -0.25) is 0 Å². The van der Waals surface area contributed by atoms with Crippen molar-refractivity contribution in [1.82, 2.24) is 5.32 Å². The van der Waals surface area contributed by atoms with Gasteiger partial charge in [-0.05, 0) is 25.0 Å². The second-order valence-corrected chi connectivity index (χ2v) is 4.74. The van der Waals surface area contributed by atoms with Crippen LogP contribution in [0.5, 0.6) is 0 Å². The molecule has 2 heteroatoms. The molecule has 98 valence electrons. The van der Waals surface area contributed by atoms with Crippen LogP contribution in [-0.2, 0) is 0 Å². The van der Waals surface area contributed by atoms with Crippen molar-refractivity contribution in [1.29, 1.82) is 0 Å². The Balaban J connectivity index is 0.00000162. The molecule has 1 fully saturated rings. The summed E-state index contributed by atoms with van der Waals surface area (Å²) in [5.41, 5.74) is 1.11. The molecule has 0 unspecified atom stereocenters. The summed E-state index contributed by atoms with van der Waals surface area (Å²) in [5, 5.41) is 3.56. The highest BCUT2D eigenvalue weighted by Gasteiger charge is 2.09. The summed E-state index contributed by atoms with van der Waals surface area (Å²) in [5.74, 6) is 6.40. The minimum atomic E-state index is 0. The van der Waals surface area contributed by atoms with Gasteiger partial charge in [0.15, 0.2) is 0 Å². The van der Waals surface area contributed by atoms with Crippen molar-refractivity contribution < 1.29 is 0 Å². The number of nitrogens with one attached hydrogen (secondary N) is 1. The molecule has 0 saturated heterocycles. The van der Waals surface area contributed by atoms with Crippen LogP contribution >= 0.6 is 12.4 Å². The van der Waals surface area contributed by atoms with E-state index in [1.165, 1.54) is 38.5 Å². The molecular formula is C16H22ClN. The van der Waals surface area contributed by atoms with E-state index in [2.05, 4.69) is 29.3 Å². The summed E-state index contributed by atoms with van der Waals surface area (Å²) in [6.07, 6.45) is 8.23. The first kappa shape index (κ1) is 15.1. The zero-order valence-electron chi connectivity index (χ0n) is 10.8. The smallest absolute Gasteiger partial charge is 0.0582 e. The fourth-order valence-electron chi connectivity index (χ4n) is 2.35. The molecule has 0 aliphatic heterocycles. The maximum atomic E-state index is 3.56. The zero-order chi connectivity index (χ0) is 11.8. The highest BCUT2D eigenvalue weighted by atomic mass is 35.5. The molecule has 1 N–H and O–H groups in total. The number of halogens is 1. The molecule has 1 aliphatic rings. The van der Waals surface area contributed by atoms with E-state index in [9.17, 15) is 0 Å². The van der Waals surface area contributed by atoms with Crippen molar-refractivity contribution >= 4 is 12.4 Å². The standard InChI is InChI=1S/C16H21N.ClH/c1-2-7-13-16(12-6-1)17-14-8-11-15-9-4-3-5-10-15;/h3-5,9-10,16-17H,1-2,6-7,12-14H2;1H. The van der Waals surface area contributed by atoms with E-state index in [0.29, 0.717) is 6.04 Å². The van der Waals surface area contributed by atoms with Gasteiger partial charge in [-0.1, -0.05) is 55.7 Å². The first-order chi connectivity index (χ1) is 8.45. The third kappa shape index (κ3) is 5.58. The number of hydrogen-bond acceptors (Lipinski definition) is 1. The second kappa shape index (κ2) is 9.03. The Hall–Kier alpha value is -0.970. The van der Waals surface area contributed by atoms with E-state index in [0.717, 1.165) is 12.1 Å². The molecule has 1 aliphatic carbocycles. The van der Waals surface area contributed by atoms with Gasteiger partial charge in [0.2, 0.25) is 0 Å². The minimum Gasteiger partial charge on any atom is -0.303 e. The van der Waals surface area contributed by atoms with Crippen molar-refractivity contribution in [2.75, 3.05) is 6.54 Å². The Morgan fingerprint density at radius 1 is 1.00 bits per heavy atom. The van der Waals surface area contributed by atoms with Crippen LogP contribution in [0, 0.1) is 11.8 Å². The molecule has 18 heavy (non-hydrogen) atoms. The lowest BCUT2D eigenvalue weighted by Gasteiger charge is -2.13. The molecule has 0 spiro atoms. The van der Waals surface area contributed by atoms with Crippen LogP contribution in [0.3, 0.4) is 0 Å². The van der Waals surface area contributed by atoms with Crippen LogP contribution in [0.4, 0.5) is 0 Å². The lowest BCUT2D eigenvalue weighted by Crippen LogP contribution is -2.28. The maximum Gasteiger partial charge on any atom is 0.0582 e. The van der Waals surface area contributed by atoms with Crippen molar-refractivity contribution in [2.45, 2.75) is 44.6 Å². The highest BCUT2D eigenvalue weighted by Crippen LogP contribution is 2.16. The second-order valence-electron chi connectivity index (χ2n) is 4.74. The predicted octanol–water partition coefficient (Wildman–Crippen LogP) is 3.77. The highest BCUT2D eigenvalue weighted by molar-refractivity contribution is 5.85. The molecule has 0 aromatic heterocycles. The molecule has 1 nitrogen and oxygen atoms in total. The summed E-state index contributed by atoms with van der Waals surface area (Å²) in [6, 6.07) is 10.9. The van der Waals surface area contributed by atoms with E-state index in [1.807, 2.05) is 18.2 Å². The molecule has 2 rings (SSSR count). The normalized spacial score (nSPS) is 16.0. The Morgan fingerprint density at radius 3 is 2.33 bits per heavy atom. The van der Waals surface area contributed by atoms with Gasteiger partial charge in [-0.25, -0.2) is 0 Å². The number of hydrogen-bond donors (Lipinski definition) is 1. The lowest BCUT2D eigenvalue weighted by molar-refractivity contribution is 0.484. The Labute approximate surface area is 117 Å². The minimum absolute atomic E-state index is 0. The van der Waals surface area contributed by atoms with Crippen molar-refractivity contribution in [3.05, 3.63) is 35.9 Å². The van der Waals surface area contributed by atoms with Gasteiger partial charge in [0, 0.05) is 11.6 Å². The third-order valence-electron chi connectivity index (χ3n) is 3.34. The topological polar surface area (TPSA) is 12.0 Å². The van der Waals surface area contributed by atoms with Crippen LogP contribution in [0.15, 0.2) is 30.3 Å². The van der Waals surface area contributed by atoms with Gasteiger partial charge >= 0.3 is 0 Å². The third-order valence-corrected chi connectivity index (χ3v) is 3.34. The SMILES string of the molecule is C(#Cc1ccccc1)CNC1CCCCCC1.Cl. The summed E-state index contributed by atoms with van der Waals surface area (Å²) >= 11 is 0. The van der Waals surface area contributed by atoms with Gasteiger partial charge in [0.05, 0.1) is 6.54 Å². The van der Waals surface area contributed by atoms with E-state index >= 15 is 0 Å². The monoisotopic (exact) mass is 263 g/mol. The van der Waals surface area contributed by atoms with Crippen molar-refractivity contribution in [3.63, 3.8) is 0 Å². The van der Waals surface area contributed by atoms with Crippen LogP contribution in [-0.4, -0.2) is 12.6 Å². The van der Waals surface area contributed by atoms with E-state index < -0.39 is 0 Å². The van der Waals surface area contributed by atoms with E-state index in [-0.39, 0.29) is 12.4 Å². The molecular weight excluding hydrogens is 242 g/mol. The van der Waals surface area contributed by atoms with Gasteiger partial charge in [-0.15, -0.1) is 12.4 Å². The number of rotatable bonds is 2. The molecule has 0 heterocycles.